The Kier molecular flexibility index (Phi) is 5.64. The third-order valence-corrected chi connectivity index (χ3v) is 5.96. The number of aliphatic imine (C=N–C) groups is 1. The molecule has 0 unspecified atom stereocenters. The third kappa shape index (κ3) is 4.45. The number of carbonyl (C=O) groups is 1. The van der Waals surface area contributed by atoms with Gasteiger partial charge in [0.05, 0.1) is 9.90 Å². The summed E-state index contributed by atoms with van der Waals surface area (Å²) in [6, 6.07) is 6.07. The lowest BCUT2D eigenvalue weighted by Crippen LogP contribution is -2.29. The van der Waals surface area contributed by atoms with Crippen LogP contribution in [0.25, 0.3) is 0 Å². The molecule has 0 fully saturated rings. The zero-order chi connectivity index (χ0) is 18.6. The second-order valence-electron chi connectivity index (χ2n) is 5.68. The zero-order valence-electron chi connectivity index (χ0n) is 13.9. The van der Waals surface area contributed by atoms with Gasteiger partial charge in [0.1, 0.15) is 11.5 Å². The number of hydrogen-bond donors (Lipinski definition) is 3. The van der Waals surface area contributed by atoms with E-state index in [-0.39, 0.29) is 10.6 Å². The Balaban J connectivity index is 1.73. The Hall–Kier alpha value is -2.30. The molecule has 138 valence electrons. The Bertz CT molecular complexity index is 937. The lowest BCUT2D eigenvalue weighted by Gasteiger charge is -2.09. The molecule has 10 heteroatoms. The molecule has 4 N–H and O–H groups in total. The van der Waals surface area contributed by atoms with Gasteiger partial charge in [0, 0.05) is 30.5 Å². The number of aromatic nitrogens is 1. The molecular weight excluding hydrogens is 374 g/mol. The molecule has 0 atom stereocenters. The summed E-state index contributed by atoms with van der Waals surface area (Å²) in [6.07, 6.45) is 2.07. The van der Waals surface area contributed by atoms with Crippen LogP contribution in [0.4, 0.5) is 5.69 Å². The van der Waals surface area contributed by atoms with Crippen LogP contribution in [0.2, 0.25) is 0 Å². The molecule has 26 heavy (non-hydrogen) atoms. The SMILES string of the molecule is NCCc1nc(C(=O)Nc2cccc(S(=O)(=O)NC3=NCCC3)c2)cs1. The van der Waals surface area contributed by atoms with E-state index in [1.807, 2.05) is 0 Å². The van der Waals surface area contributed by atoms with E-state index in [1.54, 1.807) is 17.5 Å². The minimum absolute atomic E-state index is 0.0620. The molecule has 1 aliphatic heterocycles. The van der Waals surface area contributed by atoms with Crippen molar-refractivity contribution < 1.29 is 13.2 Å². The second kappa shape index (κ2) is 7.94. The summed E-state index contributed by atoms with van der Waals surface area (Å²) in [4.78, 5) is 20.7. The summed E-state index contributed by atoms with van der Waals surface area (Å²) in [5.41, 5.74) is 6.14. The highest BCUT2D eigenvalue weighted by atomic mass is 32.2. The van der Waals surface area contributed by atoms with Crippen LogP contribution < -0.4 is 15.8 Å². The van der Waals surface area contributed by atoms with Crippen molar-refractivity contribution in [1.29, 1.82) is 0 Å². The maximum atomic E-state index is 12.4. The maximum absolute atomic E-state index is 12.4. The van der Waals surface area contributed by atoms with E-state index in [9.17, 15) is 13.2 Å². The summed E-state index contributed by atoms with van der Waals surface area (Å²) in [7, 11) is -3.73. The Morgan fingerprint density at radius 1 is 1.35 bits per heavy atom. The van der Waals surface area contributed by atoms with Gasteiger partial charge in [-0.15, -0.1) is 11.3 Å². The number of sulfonamides is 1. The van der Waals surface area contributed by atoms with E-state index in [2.05, 4.69) is 20.0 Å². The van der Waals surface area contributed by atoms with Gasteiger partial charge < -0.3 is 11.1 Å². The predicted octanol–water partition coefficient (Wildman–Crippen LogP) is 1.37. The monoisotopic (exact) mass is 393 g/mol. The topological polar surface area (TPSA) is 127 Å². The first-order valence-corrected chi connectivity index (χ1v) is 10.5. The molecule has 0 bridgehead atoms. The van der Waals surface area contributed by atoms with Gasteiger partial charge in [0.15, 0.2) is 0 Å². The molecule has 1 aromatic carbocycles. The van der Waals surface area contributed by atoms with Gasteiger partial charge in [0.25, 0.3) is 15.9 Å². The van der Waals surface area contributed by atoms with E-state index in [0.717, 1.165) is 11.4 Å². The van der Waals surface area contributed by atoms with Gasteiger partial charge in [-0.1, -0.05) is 6.07 Å². The van der Waals surface area contributed by atoms with E-state index >= 15 is 0 Å². The molecule has 0 radical (unpaired) electrons. The molecule has 2 heterocycles. The molecular formula is C16H19N5O3S2. The minimum atomic E-state index is -3.73. The van der Waals surface area contributed by atoms with Crippen LogP contribution in [0.1, 0.15) is 28.3 Å². The average molecular weight is 393 g/mol. The third-order valence-electron chi connectivity index (χ3n) is 3.67. The van der Waals surface area contributed by atoms with Crippen molar-refractivity contribution in [2.75, 3.05) is 18.4 Å². The number of carbonyl (C=O) groups excluding carboxylic acids is 1. The standard InChI is InChI=1S/C16H19N5O3S2/c17-7-6-15-20-13(10-25-15)16(22)19-11-3-1-4-12(9-11)26(23,24)21-14-5-2-8-18-14/h1,3-4,9-10H,2,5-8,17H2,(H,18,21)(H,19,22). The van der Waals surface area contributed by atoms with E-state index in [4.69, 9.17) is 5.73 Å². The van der Waals surface area contributed by atoms with Gasteiger partial charge in [-0.3, -0.25) is 14.5 Å². The molecule has 3 rings (SSSR count). The normalized spacial score (nSPS) is 14.1. The highest BCUT2D eigenvalue weighted by Gasteiger charge is 2.19. The van der Waals surface area contributed by atoms with Crippen LogP contribution in [0, 0.1) is 0 Å². The summed E-state index contributed by atoms with van der Waals surface area (Å²) >= 11 is 1.37. The van der Waals surface area contributed by atoms with Crippen molar-refractivity contribution in [2.45, 2.75) is 24.2 Å². The van der Waals surface area contributed by atoms with Crippen LogP contribution in [-0.2, 0) is 16.4 Å². The molecule has 2 aromatic rings. The highest BCUT2D eigenvalue weighted by molar-refractivity contribution is 7.90. The van der Waals surface area contributed by atoms with E-state index < -0.39 is 15.9 Å². The first-order chi connectivity index (χ1) is 12.5. The number of nitrogens with one attached hydrogen (secondary N) is 2. The summed E-state index contributed by atoms with van der Waals surface area (Å²) in [6.45, 7) is 1.10. The molecule has 1 aliphatic rings. The molecule has 1 aromatic heterocycles. The number of nitrogens with two attached hydrogens (primary N) is 1. The van der Waals surface area contributed by atoms with Gasteiger partial charge >= 0.3 is 0 Å². The smallest absolute Gasteiger partial charge is 0.275 e. The van der Waals surface area contributed by atoms with Crippen molar-refractivity contribution in [3.05, 3.63) is 40.3 Å². The largest absolute Gasteiger partial charge is 0.330 e. The van der Waals surface area contributed by atoms with E-state index in [1.165, 1.54) is 23.5 Å². The average Bonchev–Trinajstić information content (AvgIpc) is 3.27. The van der Waals surface area contributed by atoms with Crippen LogP contribution in [0.3, 0.4) is 0 Å². The van der Waals surface area contributed by atoms with Crippen molar-refractivity contribution >= 4 is 38.8 Å². The quantitative estimate of drug-likeness (QED) is 0.683. The van der Waals surface area contributed by atoms with Crippen LogP contribution >= 0.6 is 11.3 Å². The minimum Gasteiger partial charge on any atom is -0.330 e. The second-order valence-corrected chi connectivity index (χ2v) is 8.31. The number of anilines is 1. The van der Waals surface area contributed by atoms with Crippen molar-refractivity contribution in [3.8, 4) is 0 Å². The summed E-state index contributed by atoms with van der Waals surface area (Å²) in [5, 5.41) is 5.11. The molecule has 1 amide bonds. The Labute approximate surface area is 155 Å². The number of rotatable bonds is 6. The van der Waals surface area contributed by atoms with Gasteiger partial charge in [-0.2, -0.15) is 0 Å². The number of amides is 1. The first-order valence-electron chi connectivity index (χ1n) is 8.10. The molecule has 0 saturated heterocycles. The van der Waals surface area contributed by atoms with Crippen LogP contribution in [0.15, 0.2) is 39.5 Å². The highest BCUT2D eigenvalue weighted by Crippen LogP contribution is 2.18. The number of benzene rings is 1. The summed E-state index contributed by atoms with van der Waals surface area (Å²) < 4.78 is 27.4. The number of nitrogens with zero attached hydrogens (tertiary/aromatic N) is 2. The van der Waals surface area contributed by atoms with Crippen LogP contribution in [-0.4, -0.2) is 38.2 Å². The fraction of sp³-hybridized carbons (Fsp3) is 0.312. The number of hydrogen-bond acceptors (Lipinski definition) is 7. The Morgan fingerprint density at radius 3 is 2.92 bits per heavy atom. The van der Waals surface area contributed by atoms with E-state index in [0.29, 0.717) is 37.5 Å². The first kappa shape index (κ1) is 18.5. The fourth-order valence-corrected chi connectivity index (χ4v) is 4.36. The maximum Gasteiger partial charge on any atom is 0.275 e. The molecule has 0 spiro atoms. The molecule has 8 nitrogen and oxygen atoms in total. The van der Waals surface area contributed by atoms with Crippen molar-refractivity contribution in [1.82, 2.24) is 9.71 Å². The molecule has 0 saturated carbocycles. The van der Waals surface area contributed by atoms with Crippen molar-refractivity contribution in [3.63, 3.8) is 0 Å². The van der Waals surface area contributed by atoms with Gasteiger partial charge in [-0.25, -0.2) is 13.4 Å². The lowest BCUT2D eigenvalue weighted by molar-refractivity contribution is 0.102. The van der Waals surface area contributed by atoms with Gasteiger partial charge in [-0.05, 0) is 31.2 Å². The lowest BCUT2D eigenvalue weighted by atomic mass is 10.3. The number of amidine groups is 1. The number of thiazole rings is 1. The zero-order valence-corrected chi connectivity index (χ0v) is 15.6. The predicted molar refractivity (Wildman–Crippen MR) is 101 cm³/mol. The molecule has 0 aliphatic carbocycles. The van der Waals surface area contributed by atoms with Gasteiger partial charge in [0.2, 0.25) is 0 Å². The van der Waals surface area contributed by atoms with Crippen LogP contribution in [0.5, 0.6) is 0 Å². The Morgan fingerprint density at radius 2 is 2.19 bits per heavy atom. The fourth-order valence-electron chi connectivity index (χ4n) is 2.43. The summed E-state index contributed by atoms with van der Waals surface area (Å²) in [5.74, 6) is 0.0709. The van der Waals surface area contributed by atoms with Crippen molar-refractivity contribution in [2.24, 2.45) is 10.7 Å².